The van der Waals surface area contributed by atoms with Crippen LogP contribution in [0.2, 0.25) is 5.02 Å². The van der Waals surface area contributed by atoms with Gasteiger partial charge in [0, 0.05) is 27.7 Å². The molecule has 1 atom stereocenters. The van der Waals surface area contributed by atoms with Crippen molar-refractivity contribution in [3.8, 4) is 0 Å². The van der Waals surface area contributed by atoms with Crippen molar-refractivity contribution in [1.29, 1.82) is 0 Å². The minimum atomic E-state index is -0.0262. The Labute approximate surface area is 136 Å². The molecule has 0 saturated carbocycles. The highest BCUT2D eigenvalue weighted by Crippen LogP contribution is 2.30. The molecule has 2 aromatic carbocycles. The Balaban J connectivity index is 1.93. The summed E-state index contributed by atoms with van der Waals surface area (Å²) < 4.78 is 6.44. The lowest BCUT2D eigenvalue weighted by Gasteiger charge is -2.17. The maximum Gasteiger partial charge on any atom is 0.134 e. The molecule has 21 heavy (non-hydrogen) atoms. The molecule has 0 amide bonds. The van der Waals surface area contributed by atoms with E-state index in [1.807, 2.05) is 42.5 Å². The van der Waals surface area contributed by atoms with Gasteiger partial charge in [-0.2, -0.15) is 0 Å². The van der Waals surface area contributed by atoms with Gasteiger partial charge in [0.15, 0.2) is 0 Å². The number of nitrogens with one attached hydrogen (secondary N) is 1. The molecule has 3 aromatic rings. The summed E-state index contributed by atoms with van der Waals surface area (Å²) in [7, 11) is 0. The molecule has 108 valence electrons. The molecule has 0 spiro atoms. The Bertz CT molecular complexity index is 772. The Hall–Kier alpha value is -1.49. The number of hydrogen-bond acceptors (Lipinski definition) is 3. The van der Waals surface area contributed by atoms with Crippen molar-refractivity contribution in [2.24, 2.45) is 5.73 Å². The highest BCUT2D eigenvalue weighted by molar-refractivity contribution is 9.10. The molecule has 0 fully saturated rings. The van der Waals surface area contributed by atoms with Gasteiger partial charge in [0.1, 0.15) is 5.58 Å². The zero-order valence-electron chi connectivity index (χ0n) is 11.1. The minimum Gasteiger partial charge on any atom is -0.464 e. The third-order valence-corrected chi connectivity index (χ3v) is 4.60. The Morgan fingerprint density at radius 3 is 2.81 bits per heavy atom. The zero-order chi connectivity index (χ0) is 14.8. The van der Waals surface area contributed by atoms with Crippen LogP contribution < -0.4 is 11.1 Å². The average Bonchev–Trinajstić information content (AvgIpc) is 2.92. The van der Waals surface area contributed by atoms with Gasteiger partial charge in [0.25, 0.3) is 0 Å². The number of fused-ring (bicyclic) bond motifs is 1. The number of furan rings is 1. The van der Waals surface area contributed by atoms with Crippen LogP contribution in [0.3, 0.4) is 0 Å². The molecular formula is C16H14BrClN2O. The first-order valence-electron chi connectivity index (χ1n) is 6.57. The molecule has 0 bridgehead atoms. The fraction of sp³-hybridized carbons (Fsp3) is 0.125. The third kappa shape index (κ3) is 2.93. The monoisotopic (exact) mass is 364 g/mol. The van der Waals surface area contributed by atoms with E-state index in [1.165, 1.54) is 0 Å². The van der Waals surface area contributed by atoms with Gasteiger partial charge in [-0.1, -0.05) is 29.8 Å². The Morgan fingerprint density at radius 2 is 2.05 bits per heavy atom. The minimum absolute atomic E-state index is 0.0262. The van der Waals surface area contributed by atoms with Gasteiger partial charge >= 0.3 is 0 Å². The second-order valence-corrected chi connectivity index (χ2v) is 6.01. The zero-order valence-corrected chi connectivity index (χ0v) is 13.5. The molecule has 1 unspecified atom stereocenters. The molecule has 0 saturated heterocycles. The normalized spacial score (nSPS) is 12.5. The predicted octanol–water partition coefficient (Wildman–Crippen LogP) is 4.96. The van der Waals surface area contributed by atoms with Gasteiger partial charge in [0.2, 0.25) is 0 Å². The molecule has 1 aromatic heterocycles. The maximum atomic E-state index is 6.01. The van der Waals surface area contributed by atoms with E-state index in [0.29, 0.717) is 11.6 Å². The summed E-state index contributed by atoms with van der Waals surface area (Å²) in [5.41, 5.74) is 8.80. The summed E-state index contributed by atoms with van der Waals surface area (Å²) >= 11 is 9.44. The molecule has 3 N–H and O–H groups in total. The summed E-state index contributed by atoms with van der Waals surface area (Å²) in [4.78, 5) is 0. The molecular weight excluding hydrogens is 352 g/mol. The standard InChI is InChI=1S/C16H14BrClN2O/c17-13-7-10(5-6-14(13)18)20-15(8-19)12-9-21-16-4-2-1-3-11(12)16/h1-7,9,15,20H,8,19H2. The fourth-order valence-electron chi connectivity index (χ4n) is 2.32. The highest BCUT2D eigenvalue weighted by Gasteiger charge is 2.15. The van der Waals surface area contributed by atoms with E-state index < -0.39 is 0 Å². The number of benzene rings is 2. The molecule has 5 heteroatoms. The first-order chi connectivity index (χ1) is 10.2. The van der Waals surface area contributed by atoms with Crippen molar-refractivity contribution in [2.75, 3.05) is 11.9 Å². The van der Waals surface area contributed by atoms with Crippen LogP contribution in [0.1, 0.15) is 11.6 Å². The summed E-state index contributed by atoms with van der Waals surface area (Å²) in [5.74, 6) is 0. The van der Waals surface area contributed by atoms with Crippen LogP contribution >= 0.6 is 27.5 Å². The summed E-state index contributed by atoms with van der Waals surface area (Å²) in [6.45, 7) is 0.462. The fourth-order valence-corrected chi connectivity index (χ4v) is 2.82. The molecule has 0 aliphatic heterocycles. The average molecular weight is 366 g/mol. The van der Waals surface area contributed by atoms with E-state index in [1.54, 1.807) is 6.26 Å². The van der Waals surface area contributed by atoms with Crippen LogP contribution in [0.4, 0.5) is 5.69 Å². The Kier molecular flexibility index (Phi) is 4.19. The van der Waals surface area contributed by atoms with Crippen molar-refractivity contribution < 1.29 is 4.42 Å². The number of halogens is 2. The third-order valence-electron chi connectivity index (χ3n) is 3.38. The van der Waals surface area contributed by atoms with E-state index >= 15 is 0 Å². The van der Waals surface area contributed by atoms with E-state index in [9.17, 15) is 0 Å². The lowest BCUT2D eigenvalue weighted by atomic mass is 10.1. The largest absolute Gasteiger partial charge is 0.464 e. The summed E-state index contributed by atoms with van der Waals surface area (Å²) in [6, 6.07) is 13.6. The lowest BCUT2D eigenvalue weighted by molar-refractivity contribution is 0.605. The number of anilines is 1. The van der Waals surface area contributed by atoms with Crippen LogP contribution in [0, 0.1) is 0 Å². The van der Waals surface area contributed by atoms with Gasteiger partial charge in [-0.25, -0.2) is 0 Å². The summed E-state index contributed by atoms with van der Waals surface area (Å²) in [5, 5.41) is 5.17. The van der Waals surface area contributed by atoms with E-state index in [0.717, 1.165) is 26.7 Å². The van der Waals surface area contributed by atoms with Crippen LogP contribution in [-0.4, -0.2) is 6.54 Å². The second kappa shape index (κ2) is 6.10. The van der Waals surface area contributed by atoms with Gasteiger partial charge in [-0.05, 0) is 40.2 Å². The van der Waals surface area contributed by atoms with Crippen molar-refractivity contribution in [2.45, 2.75) is 6.04 Å². The maximum absolute atomic E-state index is 6.01. The SMILES string of the molecule is NCC(Nc1ccc(Cl)c(Br)c1)c1coc2ccccc12. The number of para-hydroxylation sites is 1. The van der Waals surface area contributed by atoms with Gasteiger partial charge in [-0.3, -0.25) is 0 Å². The number of hydrogen-bond donors (Lipinski definition) is 2. The highest BCUT2D eigenvalue weighted by atomic mass is 79.9. The molecule has 1 heterocycles. The quantitative estimate of drug-likeness (QED) is 0.687. The van der Waals surface area contributed by atoms with E-state index in [4.69, 9.17) is 21.8 Å². The van der Waals surface area contributed by atoms with Crippen LogP contribution in [0.5, 0.6) is 0 Å². The molecule has 3 rings (SSSR count). The number of nitrogens with two attached hydrogens (primary N) is 1. The van der Waals surface area contributed by atoms with Gasteiger partial charge < -0.3 is 15.5 Å². The van der Waals surface area contributed by atoms with Crippen molar-refractivity contribution >= 4 is 44.2 Å². The number of rotatable bonds is 4. The predicted molar refractivity (Wildman–Crippen MR) is 90.8 cm³/mol. The van der Waals surface area contributed by atoms with Crippen LogP contribution in [0.15, 0.2) is 57.6 Å². The topological polar surface area (TPSA) is 51.2 Å². The van der Waals surface area contributed by atoms with Crippen molar-refractivity contribution in [1.82, 2.24) is 0 Å². The van der Waals surface area contributed by atoms with Crippen LogP contribution in [0.25, 0.3) is 11.0 Å². The van der Waals surface area contributed by atoms with Crippen LogP contribution in [-0.2, 0) is 0 Å². The molecule has 0 aliphatic carbocycles. The van der Waals surface area contributed by atoms with E-state index in [-0.39, 0.29) is 6.04 Å². The first-order valence-corrected chi connectivity index (χ1v) is 7.74. The molecule has 0 aliphatic rings. The lowest BCUT2D eigenvalue weighted by Crippen LogP contribution is -2.20. The first kappa shape index (κ1) is 14.4. The van der Waals surface area contributed by atoms with Crippen molar-refractivity contribution in [3.05, 3.63) is 63.8 Å². The molecule has 3 nitrogen and oxygen atoms in total. The van der Waals surface area contributed by atoms with Gasteiger partial charge in [-0.15, -0.1) is 0 Å². The van der Waals surface area contributed by atoms with Crippen molar-refractivity contribution in [3.63, 3.8) is 0 Å². The Morgan fingerprint density at radius 1 is 1.24 bits per heavy atom. The second-order valence-electron chi connectivity index (χ2n) is 4.75. The molecule has 0 radical (unpaired) electrons. The summed E-state index contributed by atoms with van der Waals surface area (Å²) in [6.07, 6.45) is 1.76. The smallest absolute Gasteiger partial charge is 0.134 e. The van der Waals surface area contributed by atoms with E-state index in [2.05, 4.69) is 21.2 Å². The van der Waals surface area contributed by atoms with Gasteiger partial charge in [0.05, 0.1) is 17.3 Å².